The summed E-state index contributed by atoms with van der Waals surface area (Å²) in [6.07, 6.45) is 3.53. The largest absolute Gasteiger partial charge is 0.495 e. The van der Waals surface area contributed by atoms with Crippen LogP contribution < -0.4 is 14.8 Å². The molecule has 1 atom stereocenters. The van der Waals surface area contributed by atoms with E-state index in [9.17, 15) is 0 Å². The molecule has 1 heterocycles. The third-order valence-corrected chi connectivity index (χ3v) is 3.88. The third kappa shape index (κ3) is 3.18. The van der Waals surface area contributed by atoms with E-state index in [1.165, 1.54) is 18.4 Å². The Bertz CT molecular complexity index is 403. The monoisotopic (exact) mass is 313 g/mol. The molecule has 0 saturated carbocycles. The molecule has 0 radical (unpaired) electrons. The molecular weight excluding hydrogens is 294 g/mol. The van der Waals surface area contributed by atoms with Gasteiger partial charge in [-0.15, -0.1) is 0 Å². The predicted molar refractivity (Wildman–Crippen MR) is 76.6 cm³/mol. The van der Waals surface area contributed by atoms with Crippen LogP contribution in [0.2, 0.25) is 0 Å². The minimum absolute atomic E-state index is 0.574. The molecular formula is C14H20BrNO2. The van der Waals surface area contributed by atoms with Crippen LogP contribution >= 0.6 is 15.9 Å². The summed E-state index contributed by atoms with van der Waals surface area (Å²) in [6.45, 7) is 3.81. The topological polar surface area (TPSA) is 30.5 Å². The number of benzene rings is 1. The summed E-state index contributed by atoms with van der Waals surface area (Å²) in [4.78, 5) is 0. The molecule has 2 rings (SSSR count). The van der Waals surface area contributed by atoms with Gasteiger partial charge in [-0.3, -0.25) is 0 Å². The Hall–Kier alpha value is -0.740. The van der Waals surface area contributed by atoms with E-state index in [1.807, 2.05) is 13.0 Å². The maximum Gasteiger partial charge on any atom is 0.136 e. The number of hydrogen-bond donors (Lipinski definition) is 1. The molecule has 1 aliphatic rings. The highest BCUT2D eigenvalue weighted by Crippen LogP contribution is 2.34. The summed E-state index contributed by atoms with van der Waals surface area (Å²) in [6, 6.07) is 4.66. The number of nitrogens with one attached hydrogen (secondary N) is 1. The van der Waals surface area contributed by atoms with Crippen molar-refractivity contribution in [2.24, 2.45) is 0 Å². The maximum absolute atomic E-state index is 5.72. The number of methoxy groups -OCH3 is 1. The highest BCUT2D eigenvalue weighted by Gasteiger charge is 2.18. The average Bonchev–Trinajstić information content (AvgIpc) is 2.85. The van der Waals surface area contributed by atoms with Crippen LogP contribution in [0.1, 0.15) is 25.3 Å². The molecule has 18 heavy (non-hydrogen) atoms. The first-order valence-electron chi connectivity index (χ1n) is 6.47. The van der Waals surface area contributed by atoms with Gasteiger partial charge in [0, 0.05) is 12.1 Å². The standard InChI is InChI=1S/C14H20BrNO2/c1-3-18-13-9-14(17-2)12(15)8-10(13)7-11-5-4-6-16-11/h8-9,11,16H,3-7H2,1-2H3. The Kier molecular flexibility index (Phi) is 4.89. The van der Waals surface area contributed by atoms with Gasteiger partial charge >= 0.3 is 0 Å². The van der Waals surface area contributed by atoms with E-state index in [1.54, 1.807) is 7.11 Å². The van der Waals surface area contributed by atoms with Crippen molar-refractivity contribution in [2.45, 2.75) is 32.2 Å². The molecule has 100 valence electrons. The molecule has 1 aromatic carbocycles. The van der Waals surface area contributed by atoms with Crippen LogP contribution in [0, 0.1) is 0 Å². The molecule has 0 aromatic heterocycles. The lowest BCUT2D eigenvalue weighted by molar-refractivity contribution is 0.331. The quantitative estimate of drug-likeness (QED) is 0.906. The molecule has 1 aliphatic heterocycles. The van der Waals surface area contributed by atoms with Crippen molar-refractivity contribution < 1.29 is 9.47 Å². The van der Waals surface area contributed by atoms with Crippen LogP contribution in [0.4, 0.5) is 0 Å². The Balaban J connectivity index is 2.22. The van der Waals surface area contributed by atoms with Crippen molar-refractivity contribution in [1.82, 2.24) is 5.32 Å². The summed E-state index contributed by atoms with van der Waals surface area (Å²) >= 11 is 3.54. The second kappa shape index (κ2) is 6.43. The molecule has 4 heteroatoms. The zero-order valence-electron chi connectivity index (χ0n) is 11.0. The minimum Gasteiger partial charge on any atom is -0.495 e. The van der Waals surface area contributed by atoms with E-state index in [0.717, 1.165) is 28.9 Å². The zero-order chi connectivity index (χ0) is 13.0. The zero-order valence-corrected chi connectivity index (χ0v) is 12.5. The van der Waals surface area contributed by atoms with E-state index in [2.05, 4.69) is 27.3 Å². The van der Waals surface area contributed by atoms with Gasteiger partial charge in [-0.1, -0.05) is 0 Å². The second-order valence-corrected chi connectivity index (χ2v) is 5.38. The van der Waals surface area contributed by atoms with Crippen LogP contribution in [0.3, 0.4) is 0 Å². The summed E-state index contributed by atoms with van der Waals surface area (Å²) in [5.74, 6) is 1.76. The molecule has 1 N–H and O–H groups in total. The minimum atomic E-state index is 0.574. The van der Waals surface area contributed by atoms with Crippen molar-refractivity contribution in [2.75, 3.05) is 20.3 Å². The van der Waals surface area contributed by atoms with Crippen LogP contribution in [0.25, 0.3) is 0 Å². The van der Waals surface area contributed by atoms with Crippen molar-refractivity contribution in [3.63, 3.8) is 0 Å². The van der Waals surface area contributed by atoms with Gasteiger partial charge in [0.15, 0.2) is 0 Å². The van der Waals surface area contributed by atoms with Crippen molar-refractivity contribution in [3.8, 4) is 11.5 Å². The van der Waals surface area contributed by atoms with E-state index >= 15 is 0 Å². The molecule has 1 saturated heterocycles. The summed E-state index contributed by atoms with van der Waals surface area (Å²) in [7, 11) is 1.67. The van der Waals surface area contributed by atoms with Crippen LogP contribution in [-0.2, 0) is 6.42 Å². The fourth-order valence-electron chi connectivity index (χ4n) is 2.38. The van der Waals surface area contributed by atoms with Gasteiger partial charge < -0.3 is 14.8 Å². The van der Waals surface area contributed by atoms with Crippen molar-refractivity contribution >= 4 is 15.9 Å². The second-order valence-electron chi connectivity index (χ2n) is 4.52. The first-order chi connectivity index (χ1) is 8.74. The van der Waals surface area contributed by atoms with Gasteiger partial charge in [-0.05, 0) is 60.3 Å². The molecule has 1 aromatic rings. The highest BCUT2D eigenvalue weighted by molar-refractivity contribution is 9.10. The van der Waals surface area contributed by atoms with E-state index in [4.69, 9.17) is 9.47 Å². The van der Waals surface area contributed by atoms with Crippen molar-refractivity contribution in [1.29, 1.82) is 0 Å². The first-order valence-corrected chi connectivity index (χ1v) is 7.26. The average molecular weight is 314 g/mol. The lowest BCUT2D eigenvalue weighted by Crippen LogP contribution is -2.23. The van der Waals surface area contributed by atoms with Gasteiger partial charge in [0.1, 0.15) is 11.5 Å². The number of halogens is 1. The Morgan fingerprint density at radius 2 is 2.22 bits per heavy atom. The Morgan fingerprint density at radius 3 is 2.83 bits per heavy atom. The van der Waals surface area contributed by atoms with E-state index < -0.39 is 0 Å². The van der Waals surface area contributed by atoms with Crippen molar-refractivity contribution in [3.05, 3.63) is 22.2 Å². The highest BCUT2D eigenvalue weighted by atomic mass is 79.9. The third-order valence-electron chi connectivity index (χ3n) is 3.26. The number of rotatable bonds is 5. The normalized spacial score (nSPS) is 18.9. The van der Waals surface area contributed by atoms with Gasteiger partial charge in [-0.2, -0.15) is 0 Å². The Labute approximate surface area is 117 Å². The molecule has 0 spiro atoms. The molecule has 3 nitrogen and oxygen atoms in total. The lowest BCUT2D eigenvalue weighted by atomic mass is 10.0. The molecule has 0 bridgehead atoms. The van der Waals surface area contributed by atoms with Gasteiger partial charge in [0.2, 0.25) is 0 Å². The Morgan fingerprint density at radius 1 is 1.39 bits per heavy atom. The number of ether oxygens (including phenoxy) is 2. The van der Waals surface area contributed by atoms with Gasteiger partial charge in [-0.25, -0.2) is 0 Å². The predicted octanol–water partition coefficient (Wildman–Crippen LogP) is 3.15. The van der Waals surface area contributed by atoms with E-state index in [-0.39, 0.29) is 0 Å². The molecule has 0 amide bonds. The smallest absolute Gasteiger partial charge is 0.136 e. The summed E-state index contributed by atoms with van der Waals surface area (Å²) in [5.41, 5.74) is 1.24. The molecule has 1 unspecified atom stereocenters. The molecule has 1 fully saturated rings. The van der Waals surface area contributed by atoms with E-state index in [0.29, 0.717) is 12.6 Å². The molecule has 0 aliphatic carbocycles. The van der Waals surface area contributed by atoms with Crippen LogP contribution in [0.5, 0.6) is 11.5 Å². The summed E-state index contributed by atoms with van der Waals surface area (Å²) < 4.78 is 12.0. The van der Waals surface area contributed by atoms with Crippen LogP contribution in [-0.4, -0.2) is 26.3 Å². The fraction of sp³-hybridized carbons (Fsp3) is 0.571. The SMILES string of the molecule is CCOc1cc(OC)c(Br)cc1CC1CCCN1. The number of hydrogen-bond acceptors (Lipinski definition) is 3. The fourth-order valence-corrected chi connectivity index (χ4v) is 2.93. The van der Waals surface area contributed by atoms with Gasteiger partial charge in [0.25, 0.3) is 0 Å². The van der Waals surface area contributed by atoms with Gasteiger partial charge in [0.05, 0.1) is 18.2 Å². The lowest BCUT2D eigenvalue weighted by Gasteiger charge is -2.16. The van der Waals surface area contributed by atoms with Crippen LogP contribution in [0.15, 0.2) is 16.6 Å². The first kappa shape index (κ1) is 13.7. The summed E-state index contributed by atoms with van der Waals surface area (Å²) in [5, 5.41) is 3.52. The maximum atomic E-state index is 5.72.